The smallest absolute Gasteiger partial charge is 0.0956 e. The molecule has 1 aromatic heterocycles. The van der Waals surface area contributed by atoms with Crippen LogP contribution in [0.15, 0.2) is 23.2 Å². The molecule has 1 aliphatic heterocycles. The molecule has 1 unspecified atom stereocenters. The summed E-state index contributed by atoms with van der Waals surface area (Å²) in [5.74, 6) is 0.724. The Balaban J connectivity index is 1.86. The highest BCUT2D eigenvalue weighted by atomic mass is 32.1. The van der Waals surface area contributed by atoms with Gasteiger partial charge in [0.15, 0.2) is 0 Å². The number of hydrogen-bond donors (Lipinski definition) is 0. The van der Waals surface area contributed by atoms with Gasteiger partial charge < -0.3 is 4.90 Å². The Kier molecular flexibility index (Phi) is 4.56. The lowest BCUT2D eigenvalue weighted by molar-refractivity contribution is 0.195. The van der Waals surface area contributed by atoms with Crippen molar-refractivity contribution in [3.63, 3.8) is 0 Å². The molecular weight excluding hydrogens is 302 g/mol. The molecule has 0 N–H and O–H groups in total. The molecule has 0 bridgehead atoms. The van der Waals surface area contributed by atoms with Gasteiger partial charge in [0, 0.05) is 24.2 Å². The fraction of sp³-hybridized carbons (Fsp3) is 0.579. The van der Waals surface area contributed by atoms with Crippen LogP contribution in [0, 0.1) is 5.92 Å². The van der Waals surface area contributed by atoms with Gasteiger partial charge in [-0.25, -0.2) is 4.98 Å². The average Bonchev–Trinajstić information content (AvgIpc) is 2.88. The van der Waals surface area contributed by atoms with Crippen LogP contribution in [-0.4, -0.2) is 41.8 Å². The van der Waals surface area contributed by atoms with Gasteiger partial charge in [0.05, 0.1) is 15.2 Å². The van der Waals surface area contributed by atoms with E-state index in [2.05, 4.69) is 58.0 Å². The Morgan fingerprint density at radius 3 is 2.74 bits per heavy atom. The summed E-state index contributed by atoms with van der Waals surface area (Å²) >= 11 is 1.82. The van der Waals surface area contributed by atoms with Crippen LogP contribution in [0.1, 0.15) is 44.2 Å². The van der Waals surface area contributed by atoms with Crippen LogP contribution >= 0.6 is 11.3 Å². The summed E-state index contributed by atoms with van der Waals surface area (Å²) in [7, 11) is 4.27. The Morgan fingerprint density at radius 1 is 1.30 bits per heavy atom. The van der Waals surface area contributed by atoms with Crippen LogP contribution < -0.4 is 0 Å². The lowest BCUT2D eigenvalue weighted by Crippen LogP contribution is -2.40. The van der Waals surface area contributed by atoms with Crippen molar-refractivity contribution in [3.8, 4) is 0 Å². The second kappa shape index (κ2) is 6.33. The standard InChI is InChI=1S/C19H27N3S/c1-13-6-8-15(20-12-13)14-7-9-17-16(10-14)21-18(23-17)11-19(2,3)22(4)5/h7,9-10,13H,6,8,11-12H2,1-5H3. The summed E-state index contributed by atoms with van der Waals surface area (Å²) in [5, 5.41) is 1.22. The van der Waals surface area contributed by atoms with E-state index in [1.165, 1.54) is 27.4 Å². The lowest BCUT2D eigenvalue weighted by atomic mass is 9.96. The number of aliphatic imine (C=N–C) groups is 1. The van der Waals surface area contributed by atoms with Crippen molar-refractivity contribution in [2.45, 2.75) is 45.6 Å². The number of likely N-dealkylation sites (N-methyl/N-ethyl adjacent to an activating group) is 1. The van der Waals surface area contributed by atoms with Gasteiger partial charge in [-0.2, -0.15) is 0 Å². The Bertz CT molecular complexity index is 727. The molecule has 1 aliphatic rings. The van der Waals surface area contributed by atoms with Crippen LogP contribution in [-0.2, 0) is 6.42 Å². The Morgan fingerprint density at radius 2 is 2.09 bits per heavy atom. The second-order valence-corrected chi connectivity index (χ2v) is 8.72. The van der Waals surface area contributed by atoms with Crippen molar-refractivity contribution in [1.29, 1.82) is 0 Å². The zero-order chi connectivity index (χ0) is 16.6. The molecule has 1 aromatic carbocycles. The maximum Gasteiger partial charge on any atom is 0.0956 e. The fourth-order valence-electron chi connectivity index (χ4n) is 2.81. The molecule has 124 valence electrons. The van der Waals surface area contributed by atoms with Crippen LogP contribution in [0.25, 0.3) is 10.2 Å². The minimum atomic E-state index is 0.125. The topological polar surface area (TPSA) is 28.5 Å². The first-order valence-electron chi connectivity index (χ1n) is 8.46. The predicted molar refractivity (Wildman–Crippen MR) is 101 cm³/mol. The van der Waals surface area contributed by atoms with Crippen LogP contribution in [0.3, 0.4) is 0 Å². The van der Waals surface area contributed by atoms with Gasteiger partial charge >= 0.3 is 0 Å². The molecule has 4 heteroatoms. The van der Waals surface area contributed by atoms with Gasteiger partial charge in [0.2, 0.25) is 0 Å². The predicted octanol–water partition coefficient (Wildman–Crippen LogP) is 4.40. The van der Waals surface area contributed by atoms with E-state index in [4.69, 9.17) is 9.98 Å². The molecule has 2 heterocycles. The molecule has 0 radical (unpaired) electrons. The highest BCUT2D eigenvalue weighted by Crippen LogP contribution is 2.28. The summed E-state index contributed by atoms with van der Waals surface area (Å²) in [6, 6.07) is 6.66. The van der Waals surface area contributed by atoms with E-state index in [9.17, 15) is 0 Å². The SMILES string of the molecule is CC1CCC(c2ccc3sc(CC(C)(C)N(C)C)nc3c2)=NC1. The van der Waals surface area contributed by atoms with Crippen molar-refractivity contribution in [1.82, 2.24) is 9.88 Å². The molecule has 0 saturated heterocycles. The molecule has 0 amide bonds. The van der Waals surface area contributed by atoms with Crippen molar-refractivity contribution in [2.75, 3.05) is 20.6 Å². The molecule has 0 aliphatic carbocycles. The van der Waals surface area contributed by atoms with Gasteiger partial charge in [0.25, 0.3) is 0 Å². The molecule has 1 atom stereocenters. The summed E-state index contributed by atoms with van der Waals surface area (Å²) in [4.78, 5) is 11.9. The van der Waals surface area contributed by atoms with E-state index in [1.807, 2.05) is 11.3 Å². The minimum Gasteiger partial charge on any atom is -0.304 e. The van der Waals surface area contributed by atoms with Gasteiger partial charge in [0.1, 0.15) is 0 Å². The Hall–Kier alpha value is -1.26. The highest BCUT2D eigenvalue weighted by molar-refractivity contribution is 7.18. The third kappa shape index (κ3) is 3.64. The fourth-order valence-corrected chi connectivity index (χ4v) is 3.98. The number of aromatic nitrogens is 1. The first-order valence-corrected chi connectivity index (χ1v) is 9.27. The van der Waals surface area contributed by atoms with Gasteiger partial charge in [-0.15, -0.1) is 11.3 Å². The van der Waals surface area contributed by atoms with E-state index < -0.39 is 0 Å². The van der Waals surface area contributed by atoms with E-state index in [0.29, 0.717) is 0 Å². The summed E-state index contributed by atoms with van der Waals surface area (Å²) < 4.78 is 1.28. The summed E-state index contributed by atoms with van der Waals surface area (Å²) in [6.07, 6.45) is 3.32. The van der Waals surface area contributed by atoms with Crippen molar-refractivity contribution < 1.29 is 0 Å². The largest absolute Gasteiger partial charge is 0.304 e. The van der Waals surface area contributed by atoms with E-state index in [0.717, 1.165) is 30.8 Å². The van der Waals surface area contributed by atoms with Crippen molar-refractivity contribution in [3.05, 3.63) is 28.8 Å². The number of thiazole rings is 1. The quantitative estimate of drug-likeness (QED) is 0.832. The normalized spacial score (nSPS) is 19.4. The van der Waals surface area contributed by atoms with Crippen molar-refractivity contribution in [2.24, 2.45) is 10.9 Å². The lowest BCUT2D eigenvalue weighted by Gasteiger charge is -2.31. The monoisotopic (exact) mass is 329 g/mol. The molecule has 3 rings (SSSR count). The Labute approximate surface area is 143 Å². The number of hydrogen-bond acceptors (Lipinski definition) is 4. The minimum absolute atomic E-state index is 0.125. The summed E-state index contributed by atoms with van der Waals surface area (Å²) in [6.45, 7) is 7.78. The number of benzene rings is 1. The summed E-state index contributed by atoms with van der Waals surface area (Å²) in [5.41, 5.74) is 3.76. The highest BCUT2D eigenvalue weighted by Gasteiger charge is 2.23. The maximum absolute atomic E-state index is 4.89. The van der Waals surface area contributed by atoms with Crippen LogP contribution in [0.4, 0.5) is 0 Å². The molecular formula is C19H27N3S. The first-order chi connectivity index (χ1) is 10.8. The third-order valence-corrected chi connectivity index (χ3v) is 6.06. The average molecular weight is 330 g/mol. The molecule has 3 nitrogen and oxygen atoms in total. The molecule has 0 spiro atoms. The zero-order valence-electron chi connectivity index (χ0n) is 14.9. The van der Waals surface area contributed by atoms with Gasteiger partial charge in [-0.3, -0.25) is 4.99 Å². The van der Waals surface area contributed by atoms with Crippen LogP contribution in [0.2, 0.25) is 0 Å². The van der Waals surface area contributed by atoms with Gasteiger partial charge in [-0.1, -0.05) is 13.0 Å². The van der Waals surface area contributed by atoms with Gasteiger partial charge in [-0.05, 0) is 64.4 Å². The van der Waals surface area contributed by atoms with E-state index in [1.54, 1.807) is 0 Å². The molecule has 23 heavy (non-hydrogen) atoms. The third-order valence-electron chi connectivity index (χ3n) is 5.03. The van der Waals surface area contributed by atoms with Crippen LogP contribution in [0.5, 0.6) is 0 Å². The van der Waals surface area contributed by atoms with E-state index in [-0.39, 0.29) is 5.54 Å². The van der Waals surface area contributed by atoms with Crippen molar-refractivity contribution >= 4 is 27.3 Å². The number of rotatable bonds is 4. The first kappa shape index (κ1) is 16.6. The van der Waals surface area contributed by atoms with E-state index >= 15 is 0 Å². The number of nitrogens with zero attached hydrogens (tertiary/aromatic N) is 3. The molecule has 2 aromatic rings. The second-order valence-electron chi connectivity index (χ2n) is 7.60. The maximum atomic E-state index is 4.89. The zero-order valence-corrected chi connectivity index (χ0v) is 15.7. The molecule has 0 saturated carbocycles. The molecule has 0 fully saturated rings. The number of fused-ring (bicyclic) bond motifs is 1.